The molecule has 0 aliphatic carbocycles. The SMILES string of the molecule is CCc1cc(Br)ccc1-n1nnnc1C(C)(C)C. The second-order valence-electron chi connectivity index (χ2n) is 5.29. The van der Waals surface area contributed by atoms with Gasteiger partial charge in [0, 0.05) is 9.89 Å². The molecule has 0 saturated carbocycles. The molecule has 0 saturated heterocycles. The fourth-order valence-corrected chi connectivity index (χ4v) is 2.27. The highest BCUT2D eigenvalue weighted by Gasteiger charge is 2.23. The lowest BCUT2D eigenvalue weighted by atomic mass is 9.95. The van der Waals surface area contributed by atoms with Gasteiger partial charge in [-0.05, 0) is 40.6 Å². The summed E-state index contributed by atoms with van der Waals surface area (Å²) in [6.07, 6.45) is 0.943. The van der Waals surface area contributed by atoms with Gasteiger partial charge in [-0.1, -0.05) is 43.6 Å². The zero-order chi connectivity index (χ0) is 13.3. The van der Waals surface area contributed by atoms with Gasteiger partial charge < -0.3 is 0 Å². The Bertz CT molecular complexity index is 554. The largest absolute Gasteiger partial charge is 0.197 e. The van der Waals surface area contributed by atoms with E-state index in [1.54, 1.807) is 0 Å². The highest BCUT2D eigenvalue weighted by atomic mass is 79.9. The molecule has 0 N–H and O–H groups in total. The molecule has 0 atom stereocenters. The fraction of sp³-hybridized carbons (Fsp3) is 0.462. The van der Waals surface area contributed by atoms with Crippen molar-refractivity contribution >= 4 is 15.9 Å². The molecule has 0 bridgehead atoms. The number of tetrazole rings is 1. The molecule has 0 unspecified atom stereocenters. The maximum absolute atomic E-state index is 4.15. The molecule has 1 aromatic heterocycles. The predicted molar refractivity (Wildman–Crippen MR) is 74.9 cm³/mol. The first kappa shape index (κ1) is 13.2. The zero-order valence-electron chi connectivity index (χ0n) is 11.1. The number of nitrogens with zero attached hydrogens (tertiary/aromatic N) is 4. The molecule has 1 heterocycles. The molecule has 18 heavy (non-hydrogen) atoms. The Morgan fingerprint density at radius 3 is 2.61 bits per heavy atom. The standard InChI is InChI=1S/C13H17BrN4/c1-5-9-8-10(14)6-7-11(9)18-12(13(2,3)4)15-16-17-18/h6-8H,5H2,1-4H3. The van der Waals surface area contributed by atoms with Crippen molar-refractivity contribution in [3.8, 4) is 5.69 Å². The van der Waals surface area contributed by atoms with Gasteiger partial charge in [0.05, 0.1) is 5.69 Å². The molecule has 2 rings (SSSR count). The van der Waals surface area contributed by atoms with Crippen molar-refractivity contribution in [2.24, 2.45) is 0 Å². The van der Waals surface area contributed by atoms with Crippen molar-refractivity contribution < 1.29 is 0 Å². The lowest BCUT2D eigenvalue weighted by molar-refractivity contribution is 0.525. The number of hydrogen-bond donors (Lipinski definition) is 0. The normalized spacial score (nSPS) is 11.8. The molecule has 0 radical (unpaired) electrons. The van der Waals surface area contributed by atoms with Crippen molar-refractivity contribution in [1.82, 2.24) is 20.2 Å². The Morgan fingerprint density at radius 1 is 1.28 bits per heavy atom. The van der Waals surface area contributed by atoms with Crippen molar-refractivity contribution in [3.05, 3.63) is 34.1 Å². The van der Waals surface area contributed by atoms with Gasteiger partial charge in [-0.3, -0.25) is 0 Å². The Kier molecular flexibility index (Phi) is 3.52. The molecule has 0 aliphatic rings. The van der Waals surface area contributed by atoms with E-state index in [4.69, 9.17) is 0 Å². The van der Waals surface area contributed by atoms with Crippen LogP contribution in [0.4, 0.5) is 0 Å². The molecule has 2 aromatic rings. The van der Waals surface area contributed by atoms with Gasteiger partial charge in [0.15, 0.2) is 5.82 Å². The Balaban J connectivity index is 2.59. The van der Waals surface area contributed by atoms with Gasteiger partial charge in [0.25, 0.3) is 0 Å². The van der Waals surface area contributed by atoms with Crippen LogP contribution in [-0.2, 0) is 11.8 Å². The highest BCUT2D eigenvalue weighted by Crippen LogP contribution is 2.25. The van der Waals surface area contributed by atoms with Crippen molar-refractivity contribution in [1.29, 1.82) is 0 Å². The van der Waals surface area contributed by atoms with Crippen molar-refractivity contribution in [2.75, 3.05) is 0 Å². The van der Waals surface area contributed by atoms with Crippen molar-refractivity contribution in [2.45, 2.75) is 39.5 Å². The van der Waals surface area contributed by atoms with E-state index in [0.29, 0.717) is 0 Å². The summed E-state index contributed by atoms with van der Waals surface area (Å²) < 4.78 is 2.92. The molecule has 0 fully saturated rings. The first-order chi connectivity index (χ1) is 8.43. The Morgan fingerprint density at radius 2 is 2.00 bits per heavy atom. The first-order valence-corrected chi connectivity index (χ1v) is 6.80. The number of aromatic nitrogens is 4. The van der Waals surface area contributed by atoms with Crippen LogP contribution in [0, 0.1) is 0 Å². The van der Waals surface area contributed by atoms with E-state index in [2.05, 4.69) is 71.3 Å². The zero-order valence-corrected chi connectivity index (χ0v) is 12.7. The summed E-state index contributed by atoms with van der Waals surface area (Å²) in [5.41, 5.74) is 2.19. The lowest BCUT2D eigenvalue weighted by Gasteiger charge is -2.18. The van der Waals surface area contributed by atoms with E-state index in [1.807, 2.05) is 10.7 Å². The van der Waals surface area contributed by atoms with Crippen LogP contribution in [0.15, 0.2) is 22.7 Å². The van der Waals surface area contributed by atoms with Gasteiger partial charge in [-0.25, -0.2) is 0 Å². The molecule has 0 aliphatic heterocycles. The van der Waals surface area contributed by atoms with E-state index >= 15 is 0 Å². The Hall–Kier alpha value is -1.23. The van der Waals surface area contributed by atoms with Crippen LogP contribution in [0.1, 0.15) is 39.1 Å². The van der Waals surface area contributed by atoms with E-state index < -0.39 is 0 Å². The predicted octanol–water partition coefficient (Wildman–Crippen LogP) is 3.28. The Labute approximate surface area is 116 Å². The number of aryl methyl sites for hydroxylation is 1. The van der Waals surface area contributed by atoms with Gasteiger partial charge in [0.2, 0.25) is 0 Å². The van der Waals surface area contributed by atoms with Crippen LogP contribution >= 0.6 is 15.9 Å². The van der Waals surface area contributed by atoms with Crippen LogP contribution in [0.25, 0.3) is 5.69 Å². The smallest absolute Gasteiger partial charge is 0.162 e. The third-order valence-electron chi connectivity index (χ3n) is 2.79. The van der Waals surface area contributed by atoms with E-state index in [9.17, 15) is 0 Å². The highest BCUT2D eigenvalue weighted by molar-refractivity contribution is 9.10. The monoisotopic (exact) mass is 308 g/mol. The summed E-state index contributed by atoms with van der Waals surface area (Å²) in [5.74, 6) is 0.875. The number of hydrogen-bond acceptors (Lipinski definition) is 3. The molecule has 1 aromatic carbocycles. The number of rotatable bonds is 2. The summed E-state index contributed by atoms with van der Waals surface area (Å²) in [7, 11) is 0. The minimum absolute atomic E-state index is 0.0818. The van der Waals surface area contributed by atoms with Gasteiger partial charge in [-0.15, -0.1) is 5.10 Å². The maximum Gasteiger partial charge on any atom is 0.162 e. The average Bonchev–Trinajstić information content (AvgIpc) is 2.77. The topological polar surface area (TPSA) is 43.6 Å². The molecule has 0 amide bonds. The van der Waals surface area contributed by atoms with E-state index in [0.717, 1.165) is 22.4 Å². The third-order valence-corrected chi connectivity index (χ3v) is 3.28. The summed E-state index contributed by atoms with van der Waals surface area (Å²) >= 11 is 3.50. The number of benzene rings is 1. The molecular formula is C13H17BrN4. The van der Waals surface area contributed by atoms with Crippen LogP contribution in [0.5, 0.6) is 0 Å². The molecular weight excluding hydrogens is 292 g/mol. The summed E-state index contributed by atoms with van der Waals surface area (Å²) in [6, 6.07) is 6.18. The second kappa shape index (κ2) is 4.80. The third kappa shape index (κ3) is 2.46. The van der Waals surface area contributed by atoms with Gasteiger partial charge in [-0.2, -0.15) is 4.68 Å². The maximum atomic E-state index is 4.15. The van der Waals surface area contributed by atoms with Gasteiger partial charge in [0.1, 0.15) is 0 Å². The van der Waals surface area contributed by atoms with E-state index in [-0.39, 0.29) is 5.41 Å². The fourth-order valence-electron chi connectivity index (χ4n) is 1.86. The number of halogens is 1. The van der Waals surface area contributed by atoms with Crippen molar-refractivity contribution in [3.63, 3.8) is 0 Å². The van der Waals surface area contributed by atoms with Gasteiger partial charge >= 0.3 is 0 Å². The molecule has 5 heteroatoms. The average molecular weight is 309 g/mol. The van der Waals surface area contributed by atoms with Crippen LogP contribution in [0.2, 0.25) is 0 Å². The summed E-state index contributed by atoms with van der Waals surface area (Å²) in [4.78, 5) is 0. The first-order valence-electron chi connectivity index (χ1n) is 6.01. The second-order valence-corrected chi connectivity index (χ2v) is 6.21. The van der Waals surface area contributed by atoms with Crippen LogP contribution < -0.4 is 0 Å². The molecule has 4 nitrogen and oxygen atoms in total. The molecule has 0 spiro atoms. The lowest BCUT2D eigenvalue weighted by Crippen LogP contribution is -2.19. The quantitative estimate of drug-likeness (QED) is 0.855. The minimum Gasteiger partial charge on any atom is -0.197 e. The van der Waals surface area contributed by atoms with Crippen LogP contribution in [0.3, 0.4) is 0 Å². The molecule has 96 valence electrons. The minimum atomic E-state index is -0.0818. The van der Waals surface area contributed by atoms with Crippen LogP contribution in [-0.4, -0.2) is 20.2 Å². The van der Waals surface area contributed by atoms with E-state index in [1.165, 1.54) is 5.56 Å². The summed E-state index contributed by atoms with van der Waals surface area (Å²) in [5, 5.41) is 12.1. The summed E-state index contributed by atoms with van der Waals surface area (Å²) in [6.45, 7) is 8.46.